The molecule has 1 amide bonds. The predicted octanol–water partition coefficient (Wildman–Crippen LogP) is 5.21. The summed E-state index contributed by atoms with van der Waals surface area (Å²) >= 11 is 1.58. The van der Waals surface area contributed by atoms with E-state index < -0.39 is 0 Å². The lowest BCUT2D eigenvalue weighted by Gasteiger charge is -2.37. The highest BCUT2D eigenvalue weighted by molar-refractivity contribution is 7.98. The zero-order chi connectivity index (χ0) is 29.5. The second-order valence-electron chi connectivity index (χ2n) is 10.6. The first kappa shape index (κ1) is 29.8. The Balaban J connectivity index is 1.16. The van der Waals surface area contributed by atoms with Gasteiger partial charge in [0.05, 0.1) is 18.2 Å². The summed E-state index contributed by atoms with van der Waals surface area (Å²) in [7, 11) is 0. The number of piperazine rings is 1. The zero-order valence-corrected chi connectivity index (χ0v) is 25.1. The number of carbonyl (C=O) groups excluding carboxylic acids is 2. The first-order valence-electron chi connectivity index (χ1n) is 14.7. The molecule has 5 rings (SSSR count). The maximum atomic E-state index is 14.3. The minimum Gasteiger partial charge on any atom is -0.466 e. The van der Waals surface area contributed by atoms with Gasteiger partial charge in [0.25, 0.3) is 5.91 Å². The molecule has 0 radical (unpaired) electrons. The van der Waals surface area contributed by atoms with Crippen molar-refractivity contribution in [3.8, 4) is 0 Å². The SMILES string of the molecule is CCOC(=O)C1CCN(C(=O)c2ccc(CSc3nc(CC)cc(N4CCN(c5ccccc5F)CC4)n3)cc2)CC1. The molecule has 0 unspecified atom stereocenters. The fourth-order valence-electron chi connectivity index (χ4n) is 5.40. The molecule has 222 valence electrons. The number of hydrogen-bond acceptors (Lipinski definition) is 8. The van der Waals surface area contributed by atoms with Crippen LogP contribution >= 0.6 is 11.8 Å². The number of amides is 1. The van der Waals surface area contributed by atoms with Crippen LogP contribution in [0.5, 0.6) is 0 Å². The molecule has 0 saturated carbocycles. The molecular formula is C32H38FN5O3S. The molecule has 2 aromatic carbocycles. The Bertz CT molecular complexity index is 1370. The smallest absolute Gasteiger partial charge is 0.309 e. The lowest BCUT2D eigenvalue weighted by molar-refractivity contribution is -0.149. The van der Waals surface area contributed by atoms with E-state index in [1.165, 1.54) is 6.07 Å². The number of halogens is 1. The molecule has 0 N–H and O–H groups in total. The Hall–Kier alpha value is -3.66. The van der Waals surface area contributed by atoms with Crippen molar-refractivity contribution in [1.82, 2.24) is 14.9 Å². The Labute approximate surface area is 251 Å². The van der Waals surface area contributed by atoms with Gasteiger partial charge in [0.1, 0.15) is 11.6 Å². The largest absolute Gasteiger partial charge is 0.466 e. The Morgan fingerprint density at radius 1 is 0.929 bits per heavy atom. The molecule has 0 bridgehead atoms. The summed E-state index contributed by atoms with van der Waals surface area (Å²) in [5.74, 6) is 1.13. The number of ether oxygens (including phenoxy) is 1. The minimum atomic E-state index is -0.187. The average molecular weight is 592 g/mol. The lowest BCUT2D eigenvalue weighted by Crippen LogP contribution is -2.47. The van der Waals surface area contributed by atoms with Crippen LogP contribution in [0.25, 0.3) is 0 Å². The molecule has 8 nitrogen and oxygen atoms in total. The van der Waals surface area contributed by atoms with Crippen molar-refractivity contribution in [2.45, 2.75) is 44.0 Å². The van der Waals surface area contributed by atoms with Gasteiger partial charge in [-0.25, -0.2) is 14.4 Å². The molecule has 3 aromatic rings. The molecule has 2 fully saturated rings. The summed E-state index contributed by atoms with van der Waals surface area (Å²) in [6, 6.07) is 16.7. The summed E-state index contributed by atoms with van der Waals surface area (Å²) in [5.41, 5.74) is 3.38. The second kappa shape index (κ2) is 14.0. The number of carbonyl (C=O) groups is 2. The highest BCUT2D eigenvalue weighted by Gasteiger charge is 2.28. The van der Waals surface area contributed by atoms with Crippen molar-refractivity contribution in [2.24, 2.45) is 5.92 Å². The summed E-state index contributed by atoms with van der Waals surface area (Å²) in [5, 5.41) is 0.727. The van der Waals surface area contributed by atoms with E-state index in [2.05, 4.69) is 22.8 Å². The van der Waals surface area contributed by atoms with Gasteiger partial charge >= 0.3 is 5.97 Å². The summed E-state index contributed by atoms with van der Waals surface area (Å²) in [6.45, 7) is 8.37. The highest BCUT2D eigenvalue weighted by Crippen LogP contribution is 2.26. The highest BCUT2D eigenvalue weighted by atomic mass is 32.2. The van der Waals surface area contributed by atoms with Crippen molar-refractivity contribution < 1.29 is 18.7 Å². The van der Waals surface area contributed by atoms with E-state index in [4.69, 9.17) is 14.7 Å². The summed E-state index contributed by atoms with van der Waals surface area (Å²) in [6.07, 6.45) is 2.09. The molecule has 0 aliphatic carbocycles. The minimum absolute atomic E-state index is 0.00441. The quantitative estimate of drug-likeness (QED) is 0.191. The van der Waals surface area contributed by atoms with Crippen LogP contribution in [0.15, 0.2) is 59.8 Å². The van der Waals surface area contributed by atoms with E-state index in [1.807, 2.05) is 48.2 Å². The molecule has 0 spiro atoms. The zero-order valence-electron chi connectivity index (χ0n) is 24.3. The van der Waals surface area contributed by atoms with Crippen LogP contribution < -0.4 is 9.80 Å². The van der Waals surface area contributed by atoms with Crippen molar-refractivity contribution in [1.29, 1.82) is 0 Å². The standard InChI is InChI=1S/C32H38FN5O3S/c1-3-26-21-29(37-19-17-36(18-20-37)28-8-6-5-7-27(28)33)35-32(34-26)42-22-23-9-11-24(12-10-23)30(39)38-15-13-25(14-16-38)31(40)41-4-2/h5-12,21,25H,3-4,13-20,22H2,1-2H3. The Kier molecular flexibility index (Phi) is 9.94. The van der Waals surface area contributed by atoms with Crippen LogP contribution in [0.3, 0.4) is 0 Å². The Morgan fingerprint density at radius 2 is 1.62 bits per heavy atom. The maximum Gasteiger partial charge on any atom is 0.309 e. The topological polar surface area (TPSA) is 78.9 Å². The van der Waals surface area contributed by atoms with Crippen LogP contribution in [0.1, 0.15) is 48.3 Å². The number of esters is 1. The van der Waals surface area contributed by atoms with Gasteiger partial charge < -0.3 is 19.4 Å². The number of hydrogen-bond donors (Lipinski definition) is 0. The molecule has 42 heavy (non-hydrogen) atoms. The van der Waals surface area contributed by atoms with Crippen molar-refractivity contribution in [3.05, 3.63) is 77.2 Å². The van der Waals surface area contributed by atoms with Gasteiger partial charge in [-0.3, -0.25) is 9.59 Å². The van der Waals surface area contributed by atoms with Crippen LogP contribution in [0.2, 0.25) is 0 Å². The molecule has 2 saturated heterocycles. The monoisotopic (exact) mass is 591 g/mol. The van der Waals surface area contributed by atoms with Crippen molar-refractivity contribution in [2.75, 3.05) is 55.7 Å². The van der Waals surface area contributed by atoms with E-state index in [0.717, 1.165) is 54.8 Å². The molecule has 3 heterocycles. The van der Waals surface area contributed by atoms with Crippen LogP contribution in [-0.4, -0.2) is 72.6 Å². The molecular weight excluding hydrogens is 553 g/mol. The van der Waals surface area contributed by atoms with E-state index in [1.54, 1.807) is 17.8 Å². The molecule has 10 heteroatoms. The van der Waals surface area contributed by atoms with Crippen LogP contribution in [0.4, 0.5) is 15.9 Å². The van der Waals surface area contributed by atoms with Crippen LogP contribution in [-0.2, 0) is 21.7 Å². The third kappa shape index (κ3) is 7.21. The van der Waals surface area contributed by atoms with E-state index in [9.17, 15) is 14.0 Å². The maximum absolute atomic E-state index is 14.3. The molecule has 2 aliphatic rings. The number of aromatic nitrogens is 2. The number of piperidine rings is 1. The number of aryl methyl sites for hydroxylation is 1. The number of rotatable bonds is 9. The number of likely N-dealkylation sites (tertiary alicyclic amines) is 1. The molecule has 1 aromatic heterocycles. The molecule has 2 aliphatic heterocycles. The van der Waals surface area contributed by atoms with E-state index in [0.29, 0.717) is 49.5 Å². The van der Waals surface area contributed by atoms with Gasteiger partial charge in [-0.15, -0.1) is 0 Å². The Morgan fingerprint density at radius 3 is 2.29 bits per heavy atom. The first-order valence-corrected chi connectivity index (χ1v) is 15.7. The van der Waals surface area contributed by atoms with Gasteiger partial charge in [-0.2, -0.15) is 0 Å². The average Bonchev–Trinajstić information content (AvgIpc) is 3.04. The number of nitrogens with zero attached hydrogens (tertiary/aromatic N) is 5. The predicted molar refractivity (Wildman–Crippen MR) is 163 cm³/mol. The normalized spacial score (nSPS) is 16.0. The number of anilines is 2. The van der Waals surface area contributed by atoms with Crippen molar-refractivity contribution in [3.63, 3.8) is 0 Å². The molecule has 0 atom stereocenters. The van der Waals surface area contributed by atoms with E-state index >= 15 is 0 Å². The number of thioether (sulfide) groups is 1. The van der Waals surface area contributed by atoms with Gasteiger partial charge in [0, 0.05) is 62.3 Å². The summed E-state index contributed by atoms with van der Waals surface area (Å²) < 4.78 is 19.4. The van der Waals surface area contributed by atoms with E-state index in [-0.39, 0.29) is 23.6 Å². The summed E-state index contributed by atoms with van der Waals surface area (Å²) in [4.78, 5) is 40.8. The fourth-order valence-corrected chi connectivity index (χ4v) is 6.23. The third-order valence-corrected chi connectivity index (χ3v) is 8.79. The van der Waals surface area contributed by atoms with Gasteiger partial charge in [-0.05, 0) is 56.0 Å². The lowest BCUT2D eigenvalue weighted by atomic mass is 9.96. The third-order valence-electron chi connectivity index (χ3n) is 7.88. The fraction of sp³-hybridized carbons (Fsp3) is 0.438. The number of benzene rings is 2. The van der Waals surface area contributed by atoms with Gasteiger partial charge in [-0.1, -0.05) is 43.0 Å². The number of para-hydroxylation sites is 1. The second-order valence-corrected chi connectivity index (χ2v) is 11.5. The van der Waals surface area contributed by atoms with Gasteiger partial charge in [0.2, 0.25) is 0 Å². The van der Waals surface area contributed by atoms with Crippen LogP contribution in [0, 0.1) is 11.7 Å². The van der Waals surface area contributed by atoms with Gasteiger partial charge in [0.15, 0.2) is 5.16 Å². The van der Waals surface area contributed by atoms with Crippen molar-refractivity contribution >= 4 is 35.1 Å². The first-order chi connectivity index (χ1) is 20.4.